The van der Waals surface area contributed by atoms with E-state index in [1.807, 2.05) is 30.5 Å². The van der Waals surface area contributed by atoms with Gasteiger partial charge in [-0.25, -0.2) is 9.36 Å². The lowest BCUT2D eigenvalue weighted by atomic mass is 10.3. The lowest BCUT2D eigenvalue weighted by Gasteiger charge is -2.07. The van der Waals surface area contributed by atoms with E-state index in [9.17, 15) is 4.79 Å². The molecule has 8 nitrogen and oxygen atoms in total. The first-order valence-corrected chi connectivity index (χ1v) is 7.48. The van der Waals surface area contributed by atoms with Gasteiger partial charge >= 0.3 is 0 Å². The van der Waals surface area contributed by atoms with E-state index >= 15 is 0 Å². The molecule has 124 valence electrons. The number of carbonyl (C=O) groups excluding carboxylic acids is 1. The van der Waals surface area contributed by atoms with Crippen molar-refractivity contribution in [3.63, 3.8) is 0 Å². The van der Waals surface area contributed by atoms with Crippen LogP contribution in [0.1, 0.15) is 16.2 Å². The van der Waals surface area contributed by atoms with Crippen LogP contribution in [0.15, 0.2) is 36.7 Å². The molecule has 0 atom stereocenters. The second-order valence-electron chi connectivity index (χ2n) is 4.98. The Kier molecular flexibility index (Phi) is 4.48. The van der Waals surface area contributed by atoms with E-state index < -0.39 is 5.91 Å². The van der Waals surface area contributed by atoms with Gasteiger partial charge in [-0.15, -0.1) is 5.10 Å². The average Bonchev–Trinajstić information content (AvgIpc) is 3.20. The Morgan fingerprint density at radius 1 is 1.38 bits per heavy atom. The number of hydrogen-bond acceptors (Lipinski definition) is 5. The zero-order valence-corrected chi connectivity index (χ0v) is 13.9. The maximum atomic E-state index is 12.0. The van der Waals surface area contributed by atoms with Gasteiger partial charge in [0.15, 0.2) is 0 Å². The molecule has 0 saturated heterocycles. The van der Waals surface area contributed by atoms with Gasteiger partial charge in [-0.3, -0.25) is 4.79 Å². The van der Waals surface area contributed by atoms with Crippen molar-refractivity contribution >= 4 is 17.5 Å². The fraction of sp³-hybridized carbons (Fsp3) is 0.200. The van der Waals surface area contributed by atoms with Gasteiger partial charge in [-0.05, 0) is 23.7 Å². The summed E-state index contributed by atoms with van der Waals surface area (Å²) >= 11 is 5.77. The molecule has 0 fully saturated rings. The summed E-state index contributed by atoms with van der Waals surface area (Å²) in [5, 5.41) is 11.1. The van der Waals surface area contributed by atoms with Crippen LogP contribution in [0.25, 0.3) is 5.69 Å². The van der Waals surface area contributed by atoms with E-state index in [1.54, 1.807) is 25.0 Å². The molecule has 1 amide bonds. The Balaban J connectivity index is 1.69. The molecule has 0 spiro atoms. The number of rotatable bonds is 5. The van der Waals surface area contributed by atoms with E-state index in [0.717, 1.165) is 11.3 Å². The number of benzene rings is 1. The van der Waals surface area contributed by atoms with E-state index in [1.165, 1.54) is 4.68 Å². The highest BCUT2D eigenvalue weighted by atomic mass is 35.5. The highest BCUT2D eigenvalue weighted by molar-refractivity contribution is 6.28. The summed E-state index contributed by atoms with van der Waals surface area (Å²) in [6, 6.07) is 7.54. The van der Waals surface area contributed by atoms with Crippen LogP contribution >= 0.6 is 11.6 Å². The summed E-state index contributed by atoms with van der Waals surface area (Å²) in [5.74, 6) is 0.339. The lowest BCUT2D eigenvalue weighted by molar-refractivity contribution is 0.0940. The number of carbonyl (C=O) groups is 1. The van der Waals surface area contributed by atoms with Gasteiger partial charge in [0.05, 0.1) is 13.3 Å². The van der Waals surface area contributed by atoms with Crippen LogP contribution in [0.4, 0.5) is 0 Å². The summed E-state index contributed by atoms with van der Waals surface area (Å²) in [7, 11) is 3.22. The highest BCUT2D eigenvalue weighted by Gasteiger charge is 2.14. The average molecular weight is 347 g/mol. The summed E-state index contributed by atoms with van der Waals surface area (Å²) in [4.78, 5) is 15.9. The van der Waals surface area contributed by atoms with Gasteiger partial charge in [-0.1, -0.05) is 12.1 Å². The Hall–Kier alpha value is -2.87. The summed E-state index contributed by atoms with van der Waals surface area (Å²) in [5.41, 5.74) is 1.65. The minimum absolute atomic E-state index is 0.0274. The molecule has 0 aliphatic heterocycles. The Morgan fingerprint density at radius 3 is 2.88 bits per heavy atom. The number of nitrogens with zero attached hydrogens (tertiary/aromatic N) is 5. The topological polar surface area (TPSA) is 86.9 Å². The van der Waals surface area contributed by atoms with Crippen molar-refractivity contribution < 1.29 is 9.53 Å². The molecule has 1 aromatic carbocycles. The summed E-state index contributed by atoms with van der Waals surface area (Å²) < 4.78 is 8.34. The molecule has 0 radical (unpaired) electrons. The molecule has 9 heteroatoms. The molecule has 0 aliphatic rings. The van der Waals surface area contributed by atoms with E-state index in [4.69, 9.17) is 16.3 Å². The molecular formula is C15H15ClN6O2. The molecule has 0 saturated carbocycles. The van der Waals surface area contributed by atoms with E-state index in [0.29, 0.717) is 12.3 Å². The molecule has 24 heavy (non-hydrogen) atoms. The number of nitrogens with one attached hydrogen (secondary N) is 1. The number of halogens is 1. The van der Waals surface area contributed by atoms with Crippen LogP contribution in [-0.2, 0) is 13.6 Å². The largest absolute Gasteiger partial charge is 0.494 e. The van der Waals surface area contributed by atoms with Crippen molar-refractivity contribution in [2.24, 2.45) is 7.05 Å². The van der Waals surface area contributed by atoms with Crippen LogP contribution in [0.2, 0.25) is 5.28 Å². The van der Waals surface area contributed by atoms with Crippen molar-refractivity contribution in [2.75, 3.05) is 7.11 Å². The van der Waals surface area contributed by atoms with Crippen molar-refractivity contribution in [3.05, 3.63) is 53.3 Å². The van der Waals surface area contributed by atoms with Crippen molar-refractivity contribution in [3.8, 4) is 11.4 Å². The van der Waals surface area contributed by atoms with Crippen molar-refractivity contribution in [1.82, 2.24) is 29.9 Å². The molecular weight excluding hydrogens is 332 g/mol. The smallest absolute Gasteiger partial charge is 0.291 e. The fourth-order valence-electron chi connectivity index (χ4n) is 2.13. The second kappa shape index (κ2) is 6.71. The highest BCUT2D eigenvalue weighted by Crippen LogP contribution is 2.21. The maximum absolute atomic E-state index is 12.0. The third-order valence-electron chi connectivity index (χ3n) is 3.33. The third-order valence-corrected chi connectivity index (χ3v) is 3.66. The first kappa shape index (κ1) is 16.0. The predicted octanol–water partition coefficient (Wildman–Crippen LogP) is 1.59. The van der Waals surface area contributed by atoms with Gasteiger partial charge in [0.2, 0.25) is 11.1 Å². The quantitative estimate of drug-likeness (QED) is 0.758. The van der Waals surface area contributed by atoms with Crippen LogP contribution in [-0.4, -0.2) is 37.6 Å². The van der Waals surface area contributed by atoms with Crippen LogP contribution in [0.3, 0.4) is 0 Å². The molecule has 2 aromatic heterocycles. The maximum Gasteiger partial charge on any atom is 0.291 e. The summed E-state index contributed by atoms with van der Waals surface area (Å²) in [6.45, 7) is 0.295. The van der Waals surface area contributed by atoms with Gasteiger partial charge < -0.3 is 10.1 Å². The predicted molar refractivity (Wildman–Crippen MR) is 87.3 cm³/mol. The molecule has 0 bridgehead atoms. The monoisotopic (exact) mass is 346 g/mol. The Labute approximate surface area is 143 Å². The molecule has 2 heterocycles. The first-order chi connectivity index (χ1) is 11.6. The minimum atomic E-state index is -0.400. The zero-order chi connectivity index (χ0) is 17.1. The minimum Gasteiger partial charge on any atom is -0.494 e. The normalized spacial score (nSPS) is 10.6. The van der Waals surface area contributed by atoms with Gasteiger partial charge in [0.25, 0.3) is 5.91 Å². The van der Waals surface area contributed by atoms with Crippen molar-refractivity contribution in [2.45, 2.75) is 6.54 Å². The number of amides is 1. The molecule has 0 aliphatic carbocycles. The zero-order valence-electron chi connectivity index (χ0n) is 13.1. The first-order valence-electron chi connectivity index (χ1n) is 7.10. The number of aromatic nitrogens is 5. The van der Waals surface area contributed by atoms with Gasteiger partial charge in [0, 0.05) is 25.4 Å². The van der Waals surface area contributed by atoms with Crippen LogP contribution < -0.4 is 10.1 Å². The number of methoxy groups -OCH3 is 1. The number of hydrogen-bond donors (Lipinski definition) is 1. The van der Waals surface area contributed by atoms with E-state index in [-0.39, 0.29) is 11.1 Å². The third kappa shape index (κ3) is 3.23. The molecule has 3 rings (SSSR count). The Bertz CT molecular complexity index is 853. The number of ether oxygens (including phenoxy) is 1. The molecule has 0 unspecified atom stereocenters. The number of aryl methyl sites for hydroxylation is 1. The molecule has 1 N–H and O–H groups in total. The number of para-hydroxylation sites is 2. The van der Waals surface area contributed by atoms with E-state index in [2.05, 4.69) is 20.5 Å². The van der Waals surface area contributed by atoms with Gasteiger partial charge in [-0.2, -0.15) is 10.1 Å². The van der Waals surface area contributed by atoms with Gasteiger partial charge in [0.1, 0.15) is 11.4 Å². The second-order valence-corrected chi connectivity index (χ2v) is 5.31. The standard InChI is InChI=1S/C15H15ClN6O2/c1-21-15(16)19-13(20-21)14(23)17-7-10-8-18-22(9-10)11-5-3-4-6-12(11)24-2/h3-6,8-9H,7H2,1-2H3,(H,17,23). The lowest BCUT2D eigenvalue weighted by Crippen LogP contribution is -2.24. The van der Waals surface area contributed by atoms with Crippen LogP contribution in [0, 0.1) is 0 Å². The molecule has 3 aromatic rings. The van der Waals surface area contributed by atoms with Crippen LogP contribution in [0.5, 0.6) is 5.75 Å². The fourth-order valence-corrected chi connectivity index (χ4v) is 2.24. The van der Waals surface area contributed by atoms with Crippen molar-refractivity contribution in [1.29, 1.82) is 0 Å². The Morgan fingerprint density at radius 2 is 2.17 bits per heavy atom. The summed E-state index contributed by atoms with van der Waals surface area (Å²) in [6.07, 6.45) is 3.49. The SMILES string of the molecule is COc1ccccc1-n1cc(CNC(=O)c2nc(Cl)n(C)n2)cn1.